The van der Waals surface area contributed by atoms with Crippen molar-refractivity contribution in [2.24, 2.45) is 17.3 Å². The molecule has 0 bridgehead atoms. The molecule has 5 rings (SSSR count). The van der Waals surface area contributed by atoms with E-state index in [0.29, 0.717) is 11.8 Å². The number of rotatable bonds is 0. The lowest BCUT2D eigenvalue weighted by atomic mass is 9.55. The topological polar surface area (TPSA) is 41.5 Å². The smallest absolute Gasteiger partial charge is 0.142 e. The summed E-state index contributed by atoms with van der Waals surface area (Å²) in [5.74, 6) is 3.21. The van der Waals surface area contributed by atoms with Crippen LogP contribution in [0, 0.1) is 17.3 Å². The van der Waals surface area contributed by atoms with E-state index in [1.165, 1.54) is 43.4 Å². The Bertz CT molecular complexity index is 643. The summed E-state index contributed by atoms with van der Waals surface area (Å²) in [6.07, 6.45) is 7.02. The van der Waals surface area contributed by atoms with Crippen molar-refractivity contribution in [3.8, 4) is 5.75 Å². The van der Waals surface area contributed by atoms with Gasteiger partial charge in [-0.3, -0.25) is 0 Å². The molecule has 0 spiro atoms. The number of anilines is 1. The van der Waals surface area contributed by atoms with E-state index in [1.807, 2.05) is 0 Å². The van der Waals surface area contributed by atoms with Gasteiger partial charge in [0, 0.05) is 6.54 Å². The molecule has 2 N–H and O–H groups in total. The van der Waals surface area contributed by atoms with Crippen LogP contribution in [0.3, 0.4) is 0 Å². The van der Waals surface area contributed by atoms with Crippen LogP contribution in [0.15, 0.2) is 12.1 Å². The van der Waals surface area contributed by atoms with Gasteiger partial charge < -0.3 is 15.2 Å². The van der Waals surface area contributed by atoms with E-state index in [4.69, 9.17) is 4.74 Å². The SMILES string of the molecule is C[C@]12CC[C@@H]3c4ccc5c(c4CC[C@H]3[C@@H]1CC[C@@H]2O)NCCO5. The van der Waals surface area contributed by atoms with Crippen molar-refractivity contribution in [2.75, 3.05) is 18.5 Å². The Morgan fingerprint density at radius 1 is 1.22 bits per heavy atom. The van der Waals surface area contributed by atoms with Crippen LogP contribution in [-0.2, 0) is 6.42 Å². The van der Waals surface area contributed by atoms with Gasteiger partial charge in [0.2, 0.25) is 0 Å². The molecule has 0 unspecified atom stereocenters. The Balaban J connectivity index is 1.54. The minimum atomic E-state index is -0.0755. The average molecular weight is 313 g/mol. The molecule has 0 saturated heterocycles. The highest BCUT2D eigenvalue weighted by atomic mass is 16.5. The first kappa shape index (κ1) is 14.2. The van der Waals surface area contributed by atoms with Crippen LogP contribution in [0.25, 0.3) is 0 Å². The van der Waals surface area contributed by atoms with Crippen LogP contribution in [-0.4, -0.2) is 24.4 Å². The predicted octanol–water partition coefficient (Wildman–Crippen LogP) is 3.71. The summed E-state index contributed by atoms with van der Waals surface area (Å²) in [5.41, 5.74) is 4.54. The average Bonchev–Trinajstić information content (AvgIpc) is 2.89. The molecule has 2 fully saturated rings. The summed E-state index contributed by atoms with van der Waals surface area (Å²) in [6.45, 7) is 4.05. The molecule has 0 radical (unpaired) electrons. The zero-order valence-corrected chi connectivity index (χ0v) is 14.0. The van der Waals surface area contributed by atoms with Gasteiger partial charge in [0.05, 0.1) is 11.8 Å². The first-order valence-corrected chi connectivity index (χ1v) is 9.39. The van der Waals surface area contributed by atoms with Gasteiger partial charge >= 0.3 is 0 Å². The number of aliphatic hydroxyl groups is 1. The third-order valence-corrected chi connectivity index (χ3v) is 7.49. The molecule has 23 heavy (non-hydrogen) atoms. The van der Waals surface area contributed by atoms with E-state index in [2.05, 4.69) is 24.4 Å². The highest BCUT2D eigenvalue weighted by molar-refractivity contribution is 5.67. The summed E-state index contributed by atoms with van der Waals surface area (Å²) in [5, 5.41) is 14.1. The van der Waals surface area contributed by atoms with Crippen molar-refractivity contribution in [2.45, 2.75) is 57.5 Å². The van der Waals surface area contributed by atoms with Gasteiger partial charge in [-0.25, -0.2) is 0 Å². The van der Waals surface area contributed by atoms with E-state index < -0.39 is 0 Å². The molecular formula is C20H27NO2. The molecule has 3 heteroatoms. The molecular weight excluding hydrogens is 286 g/mol. The van der Waals surface area contributed by atoms with Crippen molar-refractivity contribution in [1.82, 2.24) is 0 Å². The fraction of sp³-hybridized carbons (Fsp3) is 0.700. The van der Waals surface area contributed by atoms with Crippen molar-refractivity contribution < 1.29 is 9.84 Å². The van der Waals surface area contributed by atoms with Crippen molar-refractivity contribution in [3.05, 3.63) is 23.3 Å². The number of ether oxygens (including phenoxy) is 1. The van der Waals surface area contributed by atoms with Crippen LogP contribution in [0.4, 0.5) is 5.69 Å². The Kier molecular flexibility index (Phi) is 3.01. The van der Waals surface area contributed by atoms with E-state index >= 15 is 0 Å². The summed E-state index contributed by atoms with van der Waals surface area (Å²) in [6, 6.07) is 4.52. The molecule has 0 aromatic heterocycles. The maximum atomic E-state index is 10.5. The second kappa shape index (κ2) is 4.89. The molecule has 3 aliphatic carbocycles. The lowest BCUT2D eigenvalue weighted by molar-refractivity contribution is -0.0226. The normalized spacial score (nSPS) is 41.0. The summed E-state index contributed by atoms with van der Waals surface area (Å²) >= 11 is 0. The first-order chi connectivity index (χ1) is 11.2. The monoisotopic (exact) mass is 313 g/mol. The second-order valence-electron chi connectivity index (χ2n) is 8.33. The molecule has 1 aliphatic heterocycles. The standard InChI is InChI=1S/C20H27NO2/c1-20-9-8-13-12-4-6-17-19(21-10-11-23-17)15(12)3-2-14(13)16(20)5-7-18(20)22/h4,6,13-14,16,18,21-22H,2-3,5,7-11H2,1H3/t13-,14-,16+,18+,20+/m1/s1. The Hall–Kier alpha value is -1.22. The molecule has 1 aromatic rings. The molecule has 1 heterocycles. The van der Waals surface area contributed by atoms with Crippen LogP contribution >= 0.6 is 0 Å². The van der Waals surface area contributed by atoms with Crippen LogP contribution in [0.1, 0.15) is 56.1 Å². The van der Waals surface area contributed by atoms with Gasteiger partial charge in [-0.2, -0.15) is 0 Å². The number of benzene rings is 1. The highest BCUT2D eigenvalue weighted by Crippen LogP contribution is 2.61. The number of fused-ring (bicyclic) bond motifs is 7. The maximum Gasteiger partial charge on any atom is 0.142 e. The van der Waals surface area contributed by atoms with Gasteiger partial charge in [0.1, 0.15) is 12.4 Å². The highest BCUT2D eigenvalue weighted by Gasteiger charge is 2.54. The predicted molar refractivity (Wildman–Crippen MR) is 91.1 cm³/mol. The Labute approximate surface area is 138 Å². The fourth-order valence-corrected chi connectivity index (χ4v) is 6.27. The summed E-state index contributed by atoms with van der Waals surface area (Å²) in [7, 11) is 0. The van der Waals surface area contributed by atoms with Gasteiger partial charge in [-0.05, 0) is 78.9 Å². The van der Waals surface area contributed by atoms with Crippen molar-refractivity contribution in [1.29, 1.82) is 0 Å². The number of nitrogens with one attached hydrogen (secondary N) is 1. The molecule has 4 aliphatic rings. The van der Waals surface area contributed by atoms with E-state index in [-0.39, 0.29) is 11.5 Å². The molecule has 124 valence electrons. The van der Waals surface area contributed by atoms with Crippen molar-refractivity contribution >= 4 is 5.69 Å². The largest absolute Gasteiger partial charge is 0.490 e. The zero-order valence-electron chi connectivity index (χ0n) is 14.0. The molecule has 3 nitrogen and oxygen atoms in total. The third kappa shape index (κ3) is 1.86. The zero-order chi connectivity index (χ0) is 15.6. The second-order valence-corrected chi connectivity index (χ2v) is 8.33. The van der Waals surface area contributed by atoms with Gasteiger partial charge in [0.15, 0.2) is 0 Å². The van der Waals surface area contributed by atoms with Crippen molar-refractivity contribution in [3.63, 3.8) is 0 Å². The van der Waals surface area contributed by atoms with Crippen LogP contribution in [0.2, 0.25) is 0 Å². The fourth-order valence-electron chi connectivity index (χ4n) is 6.27. The Morgan fingerprint density at radius 3 is 3.04 bits per heavy atom. The molecule has 0 amide bonds. The van der Waals surface area contributed by atoms with E-state index in [9.17, 15) is 5.11 Å². The Morgan fingerprint density at radius 2 is 2.13 bits per heavy atom. The number of aliphatic hydroxyl groups excluding tert-OH is 1. The van der Waals surface area contributed by atoms with Gasteiger partial charge in [0.25, 0.3) is 0 Å². The van der Waals surface area contributed by atoms with Gasteiger partial charge in [-0.1, -0.05) is 13.0 Å². The van der Waals surface area contributed by atoms with Crippen LogP contribution in [0.5, 0.6) is 5.75 Å². The molecule has 5 atom stereocenters. The summed E-state index contributed by atoms with van der Waals surface area (Å²) < 4.78 is 5.83. The first-order valence-electron chi connectivity index (χ1n) is 9.39. The lowest BCUT2D eigenvalue weighted by Crippen LogP contribution is -2.44. The van der Waals surface area contributed by atoms with Gasteiger partial charge in [-0.15, -0.1) is 0 Å². The lowest BCUT2D eigenvalue weighted by Gasteiger charge is -2.50. The minimum Gasteiger partial charge on any atom is -0.490 e. The van der Waals surface area contributed by atoms with E-state index in [0.717, 1.165) is 31.2 Å². The molecule has 2 saturated carbocycles. The summed E-state index contributed by atoms with van der Waals surface area (Å²) in [4.78, 5) is 0. The van der Waals surface area contributed by atoms with Crippen LogP contribution < -0.4 is 10.1 Å². The number of hydrogen-bond donors (Lipinski definition) is 2. The third-order valence-electron chi connectivity index (χ3n) is 7.49. The quantitative estimate of drug-likeness (QED) is 0.767. The minimum absolute atomic E-state index is 0.0755. The maximum absolute atomic E-state index is 10.5. The van der Waals surface area contributed by atoms with E-state index in [1.54, 1.807) is 5.56 Å². The number of hydrogen-bond acceptors (Lipinski definition) is 3. The molecule has 1 aromatic carbocycles.